The lowest BCUT2D eigenvalue weighted by Gasteiger charge is -2.12. The van der Waals surface area contributed by atoms with Crippen LogP contribution in [0.5, 0.6) is 0 Å². The molecule has 2 aromatic rings. The maximum atomic E-state index is 11.8. The van der Waals surface area contributed by atoms with Crippen LogP contribution in [0, 0.1) is 0 Å². The van der Waals surface area contributed by atoms with Crippen LogP contribution in [0.4, 0.5) is 11.4 Å². The topological polar surface area (TPSA) is 63.5 Å². The molecule has 1 aliphatic rings. The number of ether oxygens (including phenoxy) is 1. The van der Waals surface area contributed by atoms with E-state index in [9.17, 15) is 4.79 Å². The van der Waals surface area contributed by atoms with Gasteiger partial charge in [-0.1, -0.05) is 0 Å². The van der Waals surface area contributed by atoms with Gasteiger partial charge in [-0.15, -0.1) is 0 Å². The molecule has 2 heterocycles. The van der Waals surface area contributed by atoms with E-state index in [1.807, 2.05) is 24.3 Å². The predicted molar refractivity (Wildman–Crippen MR) is 80.6 cm³/mol. The van der Waals surface area contributed by atoms with Crippen LogP contribution in [0.15, 0.2) is 47.1 Å². The Labute approximate surface area is 123 Å². The molecular formula is C16H18N2O3. The number of carbonyl (C=O) groups excluding carboxylic acids is 1. The Morgan fingerprint density at radius 1 is 1.19 bits per heavy atom. The molecule has 0 aliphatic carbocycles. The summed E-state index contributed by atoms with van der Waals surface area (Å²) in [5, 5.41) is 6.12. The fourth-order valence-corrected chi connectivity index (χ4v) is 2.31. The number of hydrogen-bond donors (Lipinski definition) is 2. The lowest BCUT2D eigenvalue weighted by molar-refractivity contribution is 0.0996. The Balaban J connectivity index is 1.52. The first kappa shape index (κ1) is 13.7. The van der Waals surface area contributed by atoms with E-state index < -0.39 is 0 Å². The molecule has 3 rings (SSSR count). The molecule has 2 N–H and O–H groups in total. The highest BCUT2D eigenvalue weighted by molar-refractivity contribution is 6.02. The van der Waals surface area contributed by atoms with E-state index in [0.29, 0.717) is 11.9 Å². The van der Waals surface area contributed by atoms with Gasteiger partial charge in [0.25, 0.3) is 5.91 Å². The Morgan fingerprint density at radius 2 is 2.00 bits per heavy atom. The summed E-state index contributed by atoms with van der Waals surface area (Å²) >= 11 is 0. The molecule has 1 amide bonds. The second-order valence-electron chi connectivity index (χ2n) is 5.02. The number of rotatable bonds is 5. The van der Waals surface area contributed by atoms with Gasteiger partial charge in [-0.25, -0.2) is 0 Å². The van der Waals surface area contributed by atoms with Gasteiger partial charge in [-0.3, -0.25) is 4.79 Å². The lowest BCUT2D eigenvalue weighted by Crippen LogP contribution is -2.18. The maximum absolute atomic E-state index is 11.8. The third-order valence-electron chi connectivity index (χ3n) is 3.45. The van der Waals surface area contributed by atoms with E-state index in [2.05, 4.69) is 10.6 Å². The van der Waals surface area contributed by atoms with Crippen LogP contribution >= 0.6 is 0 Å². The Hall–Kier alpha value is -2.27. The summed E-state index contributed by atoms with van der Waals surface area (Å²) in [6.07, 6.45) is 4.05. The number of hydrogen-bond acceptors (Lipinski definition) is 4. The van der Waals surface area contributed by atoms with Crippen LogP contribution in [0.1, 0.15) is 23.4 Å². The van der Waals surface area contributed by atoms with E-state index in [0.717, 1.165) is 37.4 Å². The summed E-state index contributed by atoms with van der Waals surface area (Å²) in [4.78, 5) is 11.8. The zero-order valence-electron chi connectivity index (χ0n) is 11.7. The van der Waals surface area contributed by atoms with Gasteiger partial charge in [0.2, 0.25) is 0 Å². The summed E-state index contributed by atoms with van der Waals surface area (Å²) in [5.74, 6) is 0.0515. The largest absolute Gasteiger partial charge is 0.459 e. The van der Waals surface area contributed by atoms with Crippen molar-refractivity contribution in [3.05, 3.63) is 48.4 Å². The van der Waals surface area contributed by atoms with Crippen molar-refractivity contribution >= 4 is 17.3 Å². The predicted octanol–water partition coefficient (Wildman–Crippen LogP) is 3.12. The van der Waals surface area contributed by atoms with E-state index in [1.165, 1.54) is 6.26 Å². The molecule has 1 aliphatic heterocycles. The van der Waals surface area contributed by atoms with Gasteiger partial charge in [0.1, 0.15) is 0 Å². The Morgan fingerprint density at radius 3 is 2.67 bits per heavy atom. The minimum Gasteiger partial charge on any atom is -0.459 e. The monoisotopic (exact) mass is 286 g/mol. The van der Waals surface area contributed by atoms with Gasteiger partial charge in [0.15, 0.2) is 5.76 Å². The first-order valence-corrected chi connectivity index (χ1v) is 7.12. The normalized spacial score (nSPS) is 17.6. The Bertz CT molecular complexity index is 572. The molecule has 21 heavy (non-hydrogen) atoms. The van der Waals surface area contributed by atoms with Crippen molar-refractivity contribution in [2.45, 2.75) is 18.9 Å². The highest BCUT2D eigenvalue weighted by Gasteiger charge is 2.14. The first-order valence-electron chi connectivity index (χ1n) is 7.12. The van der Waals surface area contributed by atoms with E-state index >= 15 is 0 Å². The van der Waals surface area contributed by atoms with Crippen molar-refractivity contribution < 1.29 is 13.9 Å². The molecule has 0 bridgehead atoms. The third-order valence-corrected chi connectivity index (χ3v) is 3.45. The van der Waals surface area contributed by atoms with Gasteiger partial charge in [0, 0.05) is 24.5 Å². The molecule has 1 unspecified atom stereocenters. The highest BCUT2D eigenvalue weighted by Crippen LogP contribution is 2.17. The third kappa shape index (κ3) is 3.64. The molecular weight excluding hydrogens is 268 g/mol. The van der Waals surface area contributed by atoms with E-state index in [-0.39, 0.29) is 5.91 Å². The molecule has 5 nitrogen and oxygen atoms in total. The number of benzene rings is 1. The van der Waals surface area contributed by atoms with Crippen molar-refractivity contribution in [3.8, 4) is 0 Å². The van der Waals surface area contributed by atoms with Crippen molar-refractivity contribution in [2.24, 2.45) is 0 Å². The van der Waals surface area contributed by atoms with Crippen LogP contribution in [-0.4, -0.2) is 25.2 Å². The summed E-state index contributed by atoms with van der Waals surface area (Å²) in [6, 6.07) is 10.9. The van der Waals surface area contributed by atoms with Gasteiger partial charge in [0.05, 0.1) is 12.4 Å². The zero-order chi connectivity index (χ0) is 14.5. The first-order chi connectivity index (χ1) is 10.3. The lowest BCUT2D eigenvalue weighted by atomic mass is 10.2. The summed E-state index contributed by atoms with van der Waals surface area (Å²) in [6.45, 7) is 1.68. The van der Waals surface area contributed by atoms with Crippen molar-refractivity contribution in [2.75, 3.05) is 23.8 Å². The van der Waals surface area contributed by atoms with Gasteiger partial charge >= 0.3 is 0 Å². The fraction of sp³-hybridized carbons (Fsp3) is 0.312. The fourth-order valence-electron chi connectivity index (χ4n) is 2.31. The molecule has 1 fully saturated rings. The van der Waals surface area contributed by atoms with Gasteiger partial charge in [-0.2, -0.15) is 0 Å². The van der Waals surface area contributed by atoms with Crippen molar-refractivity contribution in [3.63, 3.8) is 0 Å². The second kappa shape index (κ2) is 6.45. The van der Waals surface area contributed by atoms with Crippen LogP contribution in [0.2, 0.25) is 0 Å². The van der Waals surface area contributed by atoms with E-state index in [1.54, 1.807) is 12.1 Å². The number of anilines is 2. The molecule has 0 radical (unpaired) electrons. The zero-order valence-corrected chi connectivity index (χ0v) is 11.7. The van der Waals surface area contributed by atoms with Crippen molar-refractivity contribution in [1.29, 1.82) is 0 Å². The van der Waals surface area contributed by atoms with Crippen molar-refractivity contribution in [1.82, 2.24) is 0 Å². The highest BCUT2D eigenvalue weighted by atomic mass is 16.5. The molecule has 0 saturated carbocycles. The van der Waals surface area contributed by atoms with Crippen LogP contribution in [0.3, 0.4) is 0 Å². The minimum absolute atomic E-state index is 0.250. The molecule has 1 saturated heterocycles. The van der Waals surface area contributed by atoms with Crippen LogP contribution < -0.4 is 10.6 Å². The summed E-state index contributed by atoms with van der Waals surface area (Å²) < 4.78 is 10.6. The summed E-state index contributed by atoms with van der Waals surface area (Å²) in [5.41, 5.74) is 1.75. The van der Waals surface area contributed by atoms with Gasteiger partial charge in [-0.05, 0) is 49.2 Å². The average Bonchev–Trinajstić information content (AvgIpc) is 3.20. The molecule has 1 aromatic carbocycles. The number of carbonyl (C=O) groups is 1. The maximum Gasteiger partial charge on any atom is 0.291 e. The number of furan rings is 1. The molecule has 5 heteroatoms. The molecule has 110 valence electrons. The number of nitrogens with one attached hydrogen (secondary N) is 2. The number of amides is 1. The quantitative estimate of drug-likeness (QED) is 0.886. The molecule has 0 spiro atoms. The van der Waals surface area contributed by atoms with Crippen LogP contribution in [-0.2, 0) is 4.74 Å². The summed E-state index contributed by atoms with van der Waals surface area (Å²) in [7, 11) is 0. The SMILES string of the molecule is O=C(Nc1ccc(NCC2CCCO2)cc1)c1ccco1. The van der Waals surface area contributed by atoms with E-state index in [4.69, 9.17) is 9.15 Å². The Kier molecular flexibility index (Phi) is 4.21. The average molecular weight is 286 g/mol. The minimum atomic E-state index is -0.250. The standard InChI is InChI=1S/C16H18N2O3/c19-16(15-4-2-10-21-15)18-13-7-5-12(6-8-13)17-11-14-3-1-9-20-14/h2,4-8,10,14,17H,1,3,9,11H2,(H,18,19). The van der Waals surface area contributed by atoms with Gasteiger partial charge < -0.3 is 19.8 Å². The smallest absolute Gasteiger partial charge is 0.291 e. The van der Waals surface area contributed by atoms with Crippen LogP contribution in [0.25, 0.3) is 0 Å². The second-order valence-corrected chi connectivity index (χ2v) is 5.02. The molecule has 1 aromatic heterocycles. The molecule has 1 atom stereocenters.